The van der Waals surface area contributed by atoms with Crippen molar-refractivity contribution in [1.82, 2.24) is 10.2 Å². The van der Waals surface area contributed by atoms with Crippen molar-refractivity contribution in [3.05, 3.63) is 93.4 Å². The SMILES string of the molecule is CCCCNC(=O)[C@H](C)N(Cc1ccc(Br)cc1)C(=O)CN(c1cccc(Cl)c1)S(=O)(=O)c1ccc(C)cc1. The number of anilines is 1. The third kappa shape index (κ3) is 8.30. The molecule has 0 bridgehead atoms. The van der Waals surface area contributed by atoms with Gasteiger partial charge in [-0.3, -0.25) is 13.9 Å². The normalized spacial score (nSPS) is 12.0. The molecule has 208 valence electrons. The van der Waals surface area contributed by atoms with E-state index in [1.54, 1.807) is 37.3 Å². The number of rotatable bonds is 12. The minimum Gasteiger partial charge on any atom is -0.354 e. The number of aryl methyl sites for hydroxylation is 1. The van der Waals surface area contributed by atoms with E-state index < -0.39 is 28.5 Å². The van der Waals surface area contributed by atoms with Gasteiger partial charge in [0.1, 0.15) is 12.6 Å². The van der Waals surface area contributed by atoms with Crippen LogP contribution < -0.4 is 9.62 Å². The van der Waals surface area contributed by atoms with E-state index >= 15 is 0 Å². The van der Waals surface area contributed by atoms with E-state index in [-0.39, 0.29) is 23.0 Å². The molecule has 7 nitrogen and oxygen atoms in total. The number of unbranched alkanes of at least 4 members (excludes halogenated alkanes) is 1. The lowest BCUT2D eigenvalue weighted by atomic mass is 10.1. The average molecular weight is 635 g/mol. The largest absolute Gasteiger partial charge is 0.354 e. The Morgan fingerprint density at radius 3 is 2.31 bits per heavy atom. The fraction of sp³-hybridized carbons (Fsp3) is 0.310. The summed E-state index contributed by atoms with van der Waals surface area (Å²) in [5.41, 5.74) is 1.96. The molecule has 0 saturated heterocycles. The van der Waals surface area contributed by atoms with Gasteiger partial charge in [-0.15, -0.1) is 0 Å². The molecule has 39 heavy (non-hydrogen) atoms. The summed E-state index contributed by atoms with van der Waals surface area (Å²) < 4.78 is 29.6. The summed E-state index contributed by atoms with van der Waals surface area (Å²) in [5.74, 6) is -0.823. The maximum Gasteiger partial charge on any atom is 0.264 e. The molecule has 0 aliphatic carbocycles. The highest BCUT2D eigenvalue weighted by atomic mass is 79.9. The minimum absolute atomic E-state index is 0.0469. The van der Waals surface area contributed by atoms with Crippen molar-refractivity contribution < 1.29 is 18.0 Å². The molecule has 0 aliphatic heterocycles. The number of benzene rings is 3. The number of amides is 2. The molecule has 2 amide bonds. The number of halogens is 2. The average Bonchev–Trinajstić information content (AvgIpc) is 2.91. The van der Waals surface area contributed by atoms with Crippen molar-refractivity contribution in [2.75, 3.05) is 17.4 Å². The summed E-state index contributed by atoms with van der Waals surface area (Å²) in [5, 5.41) is 3.21. The van der Waals surface area contributed by atoms with Crippen LogP contribution in [0.1, 0.15) is 37.8 Å². The smallest absolute Gasteiger partial charge is 0.264 e. The topological polar surface area (TPSA) is 86.8 Å². The summed E-state index contributed by atoms with van der Waals surface area (Å²) >= 11 is 9.62. The second-order valence-corrected chi connectivity index (χ2v) is 12.5. The quantitative estimate of drug-likeness (QED) is 0.250. The van der Waals surface area contributed by atoms with Crippen LogP contribution in [0.2, 0.25) is 5.02 Å². The van der Waals surface area contributed by atoms with Crippen LogP contribution >= 0.6 is 27.5 Å². The lowest BCUT2D eigenvalue weighted by Crippen LogP contribution is -2.51. The van der Waals surface area contributed by atoms with Crippen LogP contribution in [0.25, 0.3) is 0 Å². The first-order chi connectivity index (χ1) is 18.5. The van der Waals surface area contributed by atoms with Crippen LogP contribution in [0, 0.1) is 6.92 Å². The molecule has 3 rings (SSSR count). The molecule has 3 aromatic carbocycles. The lowest BCUT2D eigenvalue weighted by Gasteiger charge is -2.32. The van der Waals surface area contributed by atoms with E-state index in [1.807, 2.05) is 38.1 Å². The zero-order valence-corrected chi connectivity index (χ0v) is 25.4. The molecule has 1 atom stereocenters. The Kier molecular flexibility index (Phi) is 11.0. The molecule has 0 fully saturated rings. The third-order valence-electron chi connectivity index (χ3n) is 6.25. The van der Waals surface area contributed by atoms with E-state index in [0.717, 1.165) is 32.7 Å². The molecule has 0 aliphatic rings. The number of carbonyl (C=O) groups is 2. The highest BCUT2D eigenvalue weighted by Crippen LogP contribution is 2.27. The van der Waals surface area contributed by atoms with Gasteiger partial charge in [0.05, 0.1) is 10.6 Å². The van der Waals surface area contributed by atoms with Crippen molar-refractivity contribution in [2.45, 2.75) is 51.1 Å². The van der Waals surface area contributed by atoms with Crippen LogP contribution in [0.4, 0.5) is 5.69 Å². The van der Waals surface area contributed by atoms with Crippen molar-refractivity contribution in [3.63, 3.8) is 0 Å². The van der Waals surface area contributed by atoms with Crippen LogP contribution in [-0.2, 0) is 26.2 Å². The fourth-order valence-electron chi connectivity index (χ4n) is 3.90. The first-order valence-electron chi connectivity index (χ1n) is 12.7. The van der Waals surface area contributed by atoms with Crippen LogP contribution in [0.15, 0.2) is 82.2 Å². The van der Waals surface area contributed by atoms with E-state index in [0.29, 0.717) is 11.6 Å². The van der Waals surface area contributed by atoms with Crippen molar-refractivity contribution in [1.29, 1.82) is 0 Å². The molecular weight excluding hydrogens is 602 g/mol. The Hall–Kier alpha value is -2.88. The highest BCUT2D eigenvalue weighted by molar-refractivity contribution is 9.10. The van der Waals surface area contributed by atoms with Gasteiger partial charge < -0.3 is 10.2 Å². The maximum atomic E-state index is 13.9. The second-order valence-electron chi connectivity index (χ2n) is 9.27. The summed E-state index contributed by atoms with van der Waals surface area (Å²) in [6, 6.07) is 19.3. The van der Waals surface area contributed by atoms with Gasteiger partial charge in [0.25, 0.3) is 10.0 Å². The van der Waals surface area contributed by atoms with E-state index in [2.05, 4.69) is 21.2 Å². The van der Waals surface area contributed by atoms with Gasteiger partial charge in [-0.25, -0.2) is 8.42 Å². The summed E-state index contributed by atoms with van der Waals surface area (Å²) in [6.07, 6.45) is 1.73. The van der Waals surface area contributed by atoms with Gasteiger partial charge in [-0.05, 0) is 68.3 Å². The zero-order valence-electron chi connectivity index (χ0n) is 22.2. The van der Waals surface area contributed by atoms with E-state index in [4.69, 9.17) is 11.6 Å². The van der Waals surface area contributed by atoms with Crippen molar-refractivity contribution >= 4 is 55.1 Å². The Morgan fingerprint density at radius 1 is 1.03 bits per heavy atom. The molecule has 10 heteroatoms. The Labute approximate surface area is 244 Å². The highest BCUT2D eigenvalue weighted by Gasteiger charge is 2.32. The van der Waals surface area contributed by atoms with Gasteiger partial charge in [0.2, 0.25) is 11.8 Å². The van der Waals surface area contributed by atoms with Gasteiger partial charge in [0.15, 0.2) is 0 Å². The number of hydrogen-bond acceptors (Lipinski definition) is 4. The molecule has 1 N–H and O–H groups in total. The number of sulfonamides is 1. The molecule has 0 heterocycles. The number of nitrogens with zero attached hydrogens (tertiary/aromatic N) is 2. The molecule has 0 aromatic heterocycles. The minimum atomic E-state index is -4.14. The zero-order chi connectivity index (χ0) is 28.6. The predicted molar refractivity (Wildman–Crippen MR) is 159 cm³/mol. The molecule has 3 aromatic rings. The second kappa shape index (κ2) is 14.0. The van der Waals surface area contributed by atoms with E-state index in [9.17, 15) is 18.0 Å². The Morgan fingerprint density at radius 2 is 1.69 bits per heavy atom. The fourth-order valence-corrected chi connectivity index (χ4v) is 5.76. The van der Waals surface area contributed by atoms with Crippen molar-refractivity contribution in [2.24, 2.45) is 0 Å². The number of hydrogen-bond donors (Lipinski definition) is 1. The van der Waals surface area contributed by atoms with Gasteiger partial charge in [-0.1, -0.05) is 76.8 Å². The monoisotopic (exact) mass is 633 g/mol. The Balaban J connectivity index is 1.99. The molecule has 0 radical (unpaired) electrons. The number of nitrogens with one attached hydrogen (secondary N) is 1. The third-order valence-corrected chi connectivity index (χ3v) is 8.80. The van der Waals surface area contributed by atoms with Crippen molar-refractivity contribution in [3.8, 4) is 0 Å². The number of carbonyl (C=O) groups excluding carboxylic acids is 2. The van der Waals surface area contributed by atoms with Crippen LogP contribution in [0.3, 0.4) is 0 Å². The first kappa shape index (κ1) is 30.7. The molecule has 0 unspecified atom stereocenters. The van der Waals surface area contributed by atoms with Crippen LogP contribution in [-0.4, -0.2) is 44.3 Å². The van der Waals surface area contributed by atoms with Crippen LogP contribution in [0.5, 0.6) is 0 Å². The van der Waals surface area contributed by atoms with Gasteiger partial charge in [-0.2, -0.15) is 0 Å². The van der Waals surface area contributed by atoms with Gasteiger partial charge >= 0.3 is 0 Å². The summed E-state index contributed by atoms with van der Waals surface area (Å²) in [4.78, 5) is 28.3. The molecule has 0 spiro atoms. The standard InChI is InChI=1S/C29H33BrClN3O4S/c1-4-5-17-32-29(36)22(3)33(19-23-11-13-24(30)14-12-23)28(35)20-34(26-8-6-7-25(31)18-26)39(37,38)27-15-9-21(2)10-16-27/h6-16,18,22H,4-5,17,19-20H2,1-3H3,(H,32,36)/t22-/m0/s1. The molecular formula is C29H33BrClN3O4S. The summed E-state index contributed by atoms with van der Waals surface area (Å²) in [6.45, 7) is 5.65. The maximum absolute atomic E-state index is 13.9. The first-order valence-corrected chi connectivity index (χ1v) is 15.3. The van der Waals surface area contributed by atoms with E-state index in [1.165, 1.54) is 23.1 Å². The predicted octanol–water partition coefficient (Wildman–Crippen LogP) is 5.94. The lowest BCUT2D eigenvalue weighted by molar-refractivity contribution is -0.139. The van der Waals surface area contributed by atoms with Gasteiger partial charge in [0, 0.05) is 22.6 Å². The summed E-state index contributed by atoms with van der Waals surface area (Å²) in [7, 11) is -4.14. The Bertz CT molecular complexity index is 1380. The molecule has 0 saturated carbocycles.